The lowest BCUT2D eigenvalue weighted by atomic mass is 10.1. The Morgan fingerprint density at radius 2 is 2.24 bits per heavy atom. The van der Waals surface area contributed by atoms with Crippen LogP contribution in [0.2, 0.25) is 0 Å². The number of hydrogen-bond acceptors (Lipinski definition) is 4. The zero-order chi connectivity index (χ0) is 12.1. The number of carbonyl (C=O) groups excluding carboxylic acids is 1. The molecule has 0 aliphatic carbocycles. The summed E-state index contributed by atoms with van der Waals surface area (Å²) in [7, 11) is 0. The maximum Gasteiger partial charge on any atom is 0.342 e. The molecule has 0 aliphatic rings. The van der Waals surface area contributed by atoms with Gasteiger partial charge in [-0.15, -0.1) is 11.3 Å². The molecular formula is C13H14O3S. The van der Waals surface area contributed by atoms with Crippen molar-refractivity contribution in [2.75, 3.05) is 6.61 Å². The van der Waals surface area contributed by atoms with Crippen LogP contribution in [0.5, 0.6) is 0 Å². The van der Waals surface area contributed by atoms with Crippen molar-refractivity contribution < 1.29 is 14.6 Å². The third-order valence-corrected chi connectivity index (χ3v) is 3.33. The molecule has 0 bridgehead atoms. The number of rotatable bonds is 5. The average Bonchev–Trinajstić information content (AvgIpc) is 2.81. The van der Waals surface area contributed by atoms with E-state index in [2.05, 4.69) is 34.5 Å². The maximum absolute atomic E-state index is 10.8. The van der Waals surface area contributed by atoms with E-state index in [0.29, 0.717) is 13.0 Å². The number of fused-ring (bicyclic) bond motifs is 1. The lowest BCUT2D eigenvalue weighted by Crippen LogP contribution is -2.06. The number of thiophene rings is 1. The molecule has 3 nitrogen and oxygen atoms in total. The second-order valence-corrected chi connectivity index (χ2v) is 4.62. The molecule has 90 valence electrons. The highest BCUT2D eigenvalue weighted by atomic mass is 32.1. The summed E-state index contributed by atoms with van der Waals surface area (Å²) in [5.74, 6) is -0.335. The van der Waals surface area contributed by atoms with Crippen molar-refractivity contribution >= 4 is 27.4 Å². The average molecular weight is 250 g/mol. The second kappa shape index (κ2) is 5.80. The summed E-state index contributed by atoms with van der Waals surface area (Å²) in [5, 5.41) is 3.33. The van der Waals surface area contributed by atoms with Crippen molar-refractivity contribution in [1.29, 1.82) is 0 Å². The summed E-state index contributed by atoms with van der Waals surface area (Å²) < 4.78 is 1.28. The van der Waals surface area contributed by atoms with Gasteiger partial charge in [-0.25, -0.2) is 4.79 Å². The summed E-state index contributed by atoms with van der Waals surface area (Å²) >= 11 is 1.73. The van der Waals surface area contributed by atoms with Gasteiger partial charge in [0, 0.05) is 11.1 Å². The van der Waals surface area contributed by atoms with Crippen LogP contribution in [0.15, 0.2) is 29.6 Å². The Hall–Kier alpha value is -1.39. The molecule has 0 spiro atoms. The molecule has 0 radical (unpaired) electrons. The Labute approximate surface area is 104 Å². The van der Waals surface area contributed by atoms with E-state index in [4.69, 9.17) is 4.89 Å². The summed E-state index contributed by atoms with van der Waals surface area (Å²) in [5.41, 5.74) is 1.18. The fourth-order valence-corrected chi connectivity index (χ4v) is 2.27. The third kappa shape index (κ3) is 3.28. The Kier molecular flexibility index (Phi) is 4.12. The highest BCUT2D eigenvalue weighted by Gasteiger charge is 2.01. The molecule has 1 heterocycles. The normalized spacial score (nSPS) is 10.6. The molecule has 0 saturated heterocycles. The lowest BCUT2D eigenvalue weighted by Gasteiger charge is -2.03. The van der Waals surface area contributed by atoms with Crippen molar-refractivity contribution in [2.24, 2.45) is 0 Å². The molecule has 4 heteroatoms. The third-order valence-electron chi connectivity index (χ3n) is 2.43. The van der Waals surface area contributed by atoms with Crippen molar-refractivity contribution in [2.45, 2.75) is 19.8 Å². The predicted molar refractivity (Wildman–Crippen MR) is 67.9 cm³/mol. The van der Waals surface area contributed by atoms with Crippen LogP contribution in [-0.2, 0) is 21.0 Å². The molecule has 0 saturated carbocycles. The first kappa shape index (κ1) is 12.1. The van der Waals surface area contributed by atoms with Gasteiger partial charge < -0.3 is 0 Å². The molecule has 0 amide bonds. The van der Waals surface area contributed by atoms with Crippen molar-refractivity contribution in [3.8, 4) is 0 Å². The zero-order valence-electron chi connectivity index (χ0n) is 9.64. The molecule has 1 aromatic carbocycles. The van der Waals surface area contributed by atoms with Gasteiger partial charge in [0.15, 0.2) is 0 Å². The highest BCUT2D eigenvalue weighted by molar-refractivity contribution is 7.17. The monoisotopic (exact) mass is 250 g/mol. The summed E-state index contributed by atoms with van der Waals surface area (Å²) in [6, 6.07) is 8.41. The van der Waals surface area contributed by atoms with Crippen molar-refractivity contribution in [3.63, 3.8) is 0 Å². The summed E-state index contributed by atoms with van der Waals surface area (Å²) in [6.45, 7) is 2.12. The first-order valence-corrected chi connectivity index (χ1v) is 6.46. The first-order chi connectivity index (χ1) is 8.29. The standard InChI is InChI=1S/C13H14O3S/c1-2-13(14)16-15-7-5-10-3-4-12-11(9-10)6-8-17-12/h3-4,6,8-9H,2,5,7H2,1H3. The molecular weight excluding hydrogens is 236 g/mol. The van der Waals surface area contributed by atoms with E-state index < -0.39 is 0 Å². The number of benzene rings is 1. The van der Waals surface area contributed by atoms with Crippen LogP contribution >= 0.6 is 11.3 Å². The van der Waals surface area contributed by atoms with Crippen LogP contribution in [0.25, 0.3) is 10.1 Å². The fraction of sp³-hybridized carbons (Fsp3) is 0.308. The highest BCUT2D eigenvalue weighted by Crippen LogP contribution is 2.21. The van der Waals surface area contributed by atoms with Gasteiger partial charge >= 0.3 is 5.97 Å². The van der Waals surface area contributed by atoms with Crippen LogP contribution in [0.4, 0.5) is 0 Å². The van der Waals surface area contributed by atoms with Crippen LogP contribution in [0.3, 0.4) is 0 Å². The molecule has 1 aromatic heterocycles. The van der Waals surface area contributed by atoms with Gasteiger partial charge in [-0.2, -0.15) is 4.89 Å². The van der Waals surface area contributed by atoms with Crippen LogP contribution in [0.1, 0.15) is 18.9 Å². The van der Waals surface area contributed by atoms with E-state index in [-0.39, 0.29) is 5.97 Å². The van der Waals surface area contributed by atoms with Gasteiger partial charge in [-0.1, -0.05) is 19.1 Å². The second-order valence-electron chi connectivity index (χ2n) is 3.67. The molecule has 2 rings (SSSR count). The summed E-state index contributed by atoms with van der Waals surface area (Å²) in [4.78, 5) is 20.2. The predicted octanol–water partition coefficient (Wildman–Crippen LogP) is 3.33. The fourth-order valence-electron chi connectivity index (χ4n) is 1.50. The Morgan fingerprint density at radius 3 is 3.06 bits per heavy atom. The molecule has 0 aliphatic heterocycles. The summed E-state index contributed by atoms with van der Waals surface area (Å²) in [6.07, 6.45) is 1.07. The minimum Gasteiger partial charge on any atom is -0.298 e. The largest absolute Gasteiger partial charge is 0.342 e. The molecule has 0 fully saturated rings. The van der Waals surface area contributed by atoms with E-state index >= 15 is 0 Å². The Morgan fingerprint density at radius 1 is 1.35 bits per heavy atom. The SMILES string of the molecule is CCC(=O)OOCCc1ccc2sccc2c1. The molecule has 17 heavy (non-hydrogen) atoms. The van der Waals surface area contributed by atoms with E-state index in [1.54, 1.807) is 18.3 Å². The topological polar surface area (TPSA) is 35.5 Å². The maximum atomic E-state index is 10.8. The molecule has 2 aromatic rings. The number of carbonyl (C=O) groups is 1. The van der Waals surface area contributed by atoms with Gasteiger partial charge in [0.1, 0.15) is 0 Å². The van der Waals surface area contributed by atoms with E-state index in [9.17, 15) is 4.79 Å². The minimum absolute atomic E-state index is 0.334. The van der Waals surface area contributed by atoms with E-state index in [1.807, 2.05) is 0 Å². The Bertz CT molecular complexity index is 504. The van der Waals surface area contributed by atoms with Crippen molar-refractivity contribution in [1.82, 2.24) is 0 Å². The molecule has 0 atom stereocenters. The smallest absolute Gasteiger partial charge is 0.298 e. The van der Waals surface area contributed by atoms with E-state index in [0.717, 1.165) is 6.42 Å². The quantitative estimate of drug-likeness (QED) is 0.464. The van der Waals surface area contributed by atoms with Gasteiger partial charge in [0.05, 0.1) is 6.61 Å². The van der Waals surface area contributed by atoms with Crippen molar-refractivity contribution in [3.05, 3.63) is 35.2 Å². The minimum atomic E-state index is -0.335. The van der Waals surface area contributed by atoms with Crippen LogP contribution in [-0.4, -0.2) is 12.6 Å². The van der Waals surface area contributed by atoms with Gasteiger partial charge in [0.2, 0.25) is 0 Å². The zero-order valence-corrected chi connectivity index (χ0v) is 10.5. The van der Waals surface area contributed by atoms with Gasteiger partial charge in [-0.05, 0) is 34.9 Å². The van der Waals surface area contributed by atoms with E-state index in [1.165, 1.54) is 15.6 Å². The lowest BCUT2D eigenvalue weighted by molar-refractivity contribution is -0.271. The number of hydrogen-bond donors (Lipinski definition) is 0. The molecule has 0 N–H and O–H groups in total. The Balaban J connectivity index is 1.84. The van der Waals surface area contributed by atoms with Gasteiger partial charge in [0.25, 0.3) is 0 Å². The first-order valence-electron chi connectivity index (χ1n) is 5.58. The van der Waals surface area contributed by atoms with Crippen LogP contribution < -0.4 is 0 Å². The van der Waals surface area contributed by atoms with Crippen LogP contribution in [0, 0.1) is 0 Å². The molecule has 0 unspecified atom stereocenters. The van der Waals surface area contributed by atoms with Gasteiger partial charge in [-0.3, -0.25) is 4.89 Å².